The standard InChI is InChI=1S/C35H52O9/c1-6-28-32(39-3)33(40-4)34(41-5)35(44-28)42-21-14-20-12-13-22-24(23(20)15-21)16-26-25(22)17-30(37)43-29(19-10-11-19)9-7-8-27(36)18(2)31(26)38/h12-13,16,18-25,27-29,32-36H,6-11,14-15,17H2,1-5H3/t18?,20?,21?,22?,23?,24?,25?,27?,28-,29?,32?,33?,34?,35?/m0/s1. The van der Waals surface area contributed by atoms with Gasteiger partial charge in [0.1, 0.15) is 24.4 Å². The van der Waals surface area contributed by atoms with E-state index in [-0.39, 0.29) is 72.4 Å². The molecule has 14 atom stereocenters. The topological polar surface area (TPSA) is 110 Å². The van der Waals surface area contributed by atoms with Gasteiger partial charge >= 0.3 is 5.97 Å². The monoisotopic (exact) mass is 616 g/mol. The predicted molar refractivity (Wildman–Crippen MR) is 161 cm³/mol. The first-order valence-electron chi connectivity index (χ1n) is 17.0. The Kier molecular flexibility index (Phi) is 10.0. The minimum atomic E-state index is -0.695. The first-order chi connectivity index (χ1) is 21.3. The lowest BCUT2D eigenvalue weighted by molar-refractivity contribution is -0.317. The molecule has 2 saturated carbocycles. The molecule has 0 spiro atoms. The van der Waals surface area contributed by atoms with Gasteiger partial charge in [-0.1, -0.05) is 32.1 Å². The number of allylic oxidation sites excluding steroid dienone is 4. The summed E-state index contributed by atoms with van der Waals surface area (Å²) in [4.78, 5) is 27.2. The van der Waals surface area contributed by atoms with Gasteiger partial charge in [-0.15, -0.1) is 0 Å². The fourth-order valence-electron chi connectivity index (χ4n) is 8.98. The molecule has 0 aromatic carbocycles. The summed E-state index contributed by atoms with van der Waals surface area (Å²) in [5.41, 5.74) is 0.705. The number of carbonyl (C=O) groups excluding carboxylic acids is 2. The smallest absolute Gasteiger partial charge is 0.306 e. The number of methoxy groups -OCH3 is 3. The number of esters is 1. The van der Waals surface area contributed by atoms with Crippen LogP contribution in [0.1, 0.15) is 71.6 Å². The maximum Gasteiger partial charge on any atom is 0.306 e. The lowest BCUT2D eigenvalue weighted by Gasteiger charge is -2.45. The number of ketones is 1. The molecule has 0 aromatic rings. The number of aliphatic hydroxyl groups excluding tert-OH is 1. The first-order valence-corrected chi connectivity index (χ1v) is 17.0. The molecule has 0 aromatic heterocycles. The zero-order valence-corrected chi connectivity index (χ0v) is 27.0. The molecular formula is C35H52O9. The van der Waals surface area contributed by atoms with Crippen molar-refractivity contribution in [1.82, 2.24) is 0 Å². The second-order valence-corrected chi connectivity index (χ2v) is 14.1. The Labute approximate surface area is 262 Å². The van der Waals surface area contributed by atoms with Gasteiger partial charge in [0.05, 0.1) is 24.7 Å². The van der Waals surface area contributed by atoms with Crippen LogP contribution in [0.5, 0.6) is 0 Å². The van der Waals surface area contributed by atoms with Crippen molar-refractivity contribution in [1.29, 1.82) is 0 Å². The van der Waals surface area contributed by atoms with Crippen LogP contribution in [0.15, 0.2) is 23.8 Å². The van der Waals surface area contributed by atoms with Crippen molar-refractivity contribution in [2.45, 2.75) is 121 Å². The lowest BCUT2D eigenvalue weighted by Crippen LogP contribution is -2.60. The number of rotatable bonds is 7. The van der Waals surface area contributed by atoms with Gasteiger partial charge in [0.2, 0.25) is 0 Å². The molecule has 4 aliphatic carbocycles. The number of aliphatic hydroxyl groups is 1. The Morgan fingerprint density at radius 3 is 2.36 bits per heavy atom. The van der Waals surface area contributed by atoms with E-state index >= 15 is 0 Å². The molecular weight excluding hydrogens is 564 g/mol. The number of cyclic esters (lactones) is 1. The summed E-state index contributed by atoms with van der Waals surface area (Å²) < 4.78 is 36.5. The van der Waals surface area contributed by atoms with Crippen molar-refractivity contribution in [3.8, 4) is 0 Å². The van der Waals surface area contributed by atoms with Crippen LogP contribution in [0.3, 0.4) is 0 Å². The number of carbonyl (C=O) groups is 2. The summed E-state index contributed by atoms with van der Waals surface area (Å²) >= 11 is 0. The molecule has 2 aliphatic heterocycles. The third kappa shape index (κ3) is 6.21. The van der Waals surface area contributed by atoms with Crippen molar-refractivity contribution >= 4 is 11.8 Å². The van der Waals surface area contributed by atoms with E-state index in [0.717, 1.165) is 44.9 Å². The molecule has 0 bridgehead atoms. The molecule has 0 amide bonds. The molecule has 246 valence electrons. The van der Waals surface area contributed by atoms with Crippen LogP contribution in [-0.4, -0.2) is 87.2 Å². The van der Waals surface area contributed by atoms with E-state index in [1.165, 1.54) is 0 Å². The van der Waals surface area contributed by atoms with Crippen LogP contribution >= 0.6 is 0 Å². The van der Waals surface area contributed by atoms with Gasteiger partial charge in [0, 0.05) is 33.2 Å². The molecule has 6 aliphatic rings. The third-order valence-corrected chi connectivity index (χ3v) is 11.6. The van der Waals surface area contributed by atoms with E-state index in [2.05, 4.69) is 25.2 Å². The fourth-order valence-corrected chi connectivity index (χ4v) is 8.98. The Balaban J connectivity index is 1.20. The molecule has 9 nitrogen and oxygen atoms in total. The minimum absolute atomic E-state index is 0.0257. The largest absolute Gasteiger partial charge is 0.462 e. The quantitative estimate of drug-likeness (QED) is 0.329. The van der Waals surface area contributed by atoms with Gasteiger partial charge in [0.15, 0.2) is 12.1 Å². The van der Waals surface area contributed by atoms with E-state index in [9.17, 15) is 14.7 Å². The van der Waals surface area contributed by atoms with Gasteiger partial charge < -0.3 is 33.5 Å². The van der Waals surface area contributed by atoms with Crippen molar-refractivity contribution < 1.29 is 43.1 Å². The van der Waals surface area contributed by atoms with Gasteiger partial charge in [-0.25, -0.2) is 0 Å². The predicted octanol–water partition coefficient (Wildman–Crippen LogP) is 4.40. The second kappa shape index (κ2) is 13.6. The normalized spacial score (nSPS) is 46.3. The van der Waals surface area contributed by atoms with E-state index in [1.54, 1.807) is 21.3 Å². The highest BCUT2D eigenvalue weighted by molar-refractivity contribution is 5.99. The maximum absolute atomic E-state index is 13.9. The molecule has 6 rings (SSSR count). The Morgan fingerprint density at radius 2 is 1.68 bits per heavy atom. The van der Waals surface area contributed by atoms with Crippen molar-refractivity contribution in [2.24, 2.45) is 41.4 Å². The summed E-state index contributed by atoms with van der Waals surface area (Å²) in [7, 11) is 4.99. The average Bonchev–Trinajstić information content (AvgIpc) is 3.69. The van der Waals surface area contributed by atoms with Gasteiger partial charge in [-0.05, 0) is 86.5 Å². The van der Waals surface area contributed by atoms with Crippen LogP contribution in [0.2, 0.25) is 0 Å². The fraction of sp³-hybridized carbons (Fsp3) is 0.829. The second-order valence-electron chi connectivity index (χ2n) is 14.1. The van der Waals surface area contributed by atoms with Gasteiger partial charge in [-0.3, -0.25) is 9.59 Å². The van der Waals surface area contributed by atoms with Gasteiger partial charge in [-0.2, -0.15) is 0 Å². The van der Waals surface area contributed by atoms with E-state index in [1.807, 2.05) is 6.92 Å². The lowest BCUT2D eigenvalue weighted by atomic mass is 9.70. The summed E-state index contributed by atoms with van der Waals surface area (Å²) in [5.74, 6) is 0.253. The zero-order valence-electron chi connectivity index (χ0n) is 27.0. The highest BCUT2D eigenvalue weighted by Crippen LogP contribution is 2.54. The zero-order chi connectivity index (χ0) is 31.1. The van der Waals surface area contributed by atoms with Crippen LogP contribution in [-0.2, 0) is 38.0 Å². The highest BCUT2D eigenvalue weighted by Gasteiger charge is 2.53. The molecule has 44 heavy (non-hydrogen) atoms. The Morgan fingerprint density at radius 1 is 0.932 bits per heavy atom. The molecule has 4 fully saturated rings. The minimum Gasteiger partial charge on any atom is -0.462 e. The summed E-state index contributed by atoms with van der Waals surface area (Å²) in [5, 5.41) is 11.0. The van der Waals surface area contributed by atoms with E-state index < -0.39 is 24.4 Å². The molecule has 2 heterocycles. The summed E-state index contributed by atoms with van der Waals surface area (Å²) in [6, 6.07) is 0. The molecule has 13 unspecified atom stereocenters. The molecule has 0 radical (unpaired) electrons. The van der Waals surface area contributed by atoms with E-state index in [0.29, 0.717) is 23.8 Å². The number of hydrogen-bond donors (Lipinski definition) is 1. The molecule has 9 heteroatoms. The van der Waals surface area contributed by atoms with Crippen molar-refractivity contribution in [2.75, 3.05) is 21.3 Å². The number of hydrogen-bond acceptors (Lipinski definition) is 9. The number of ether oxygens (including phenoxy) is 6. The Hall–Kier alpha value is -1.62. The average molecular weight is 617 g/mol. The summed E-state index contributed by atoms with van der Waals surface area (Å²) in [6.45, 7) is 3.91. The van der Waals surface area contributed by atoms with E-state index in [4.69, 9.17) is 28.4 Å². The summed E-state index contributed by atoms with van der Waals surface area (Å²) in [6.07, 6.45) is 11.0. The maximum atomic E-state index is 13.9. The Bertz CT molecular complexity index is 1100. The first kappa shape index (κ1) is 32.3. The van der Waals surface area contributed by atoms with Crippen molar-refractivity contribution in [3.05, 3.63) is 23.8 Å². The van der Waals surface area contributed by atoms with Crippen molar-refractivity contribution in [3.63, 3.8) is 0 Å². The van der Waals surface area contributed by atoms with Crippen LogP contribution in [0, 0.1) is 41.4 Å². The molecule has 2 saturated heterocycles. The van der Waals surface area contributed by atoms with Gasteiger partial charge in [0.25, 0.3) is 0 Å². The number of Topliss-reactive ketones (excluding diaryl/α,β-unsaturated/α-hetero) is 1. The SMILES string of the molecule is CC[C@@H]1OC(OC2CC3C=CC4C5CC(=O)OC(C6CC6)CCCC(O)C(C)C(=O)C5=CC4C3C2)C(OC)C(OC)C1OC. The van der Waals surface area contributed by atoms with Crippen LogP contribution in [0.25, 0.3) is 0 Å². The third-order valence-electron chi connectivity index (χ3n) is 11.6. The number of fused-ring (bicyclic) bond motifs is 5. The highest BCUT2D eigenvalue weighted by atomic mass is 16.7. The molecule has 1 N–H and O–H groups in total. The van der Waals surface area contributed by atoms with Crippen LogP contribution < -0.4 is 0 Å². The van der Waals surface area contributed by atoms with Crippen LogP contribution in [0.4, 0.5) is 0 Å².